The second kappa shape index (κ2) is 10.0. The number of hydrogen-bond donors (Lipinski definition) is 3. The Morgan fingerprint density at radius 1 is 1.11 bits per heavy atom. The minimum Gasteiger partial charge on any atom is -0.486 e. The van der Waals surface area contributed by atoms with Gasteiger partial charge in [-0.1, -0.05) is 49.4 Å². The Morgan fingerprint density at radius 3 is 2.39 bits per heavy atom. The number of hydrogen-bond acceptors (Lipinski definition) is 6. The average molecular weight is 568 g/mol. The molecule has 3 heterocycles. The normalized spacial score (nSPS) is 17.1. The number of pyridine rings is 1. The van der Waals surface area contributed by atoms with Gasteiger partial charge in [0.1, 0.15) is 5.69 Å². The summed E-state index contributed by atoms with van der Waals surface area (Å²) in [6.07, 6.45) is 2.99. The van der Waals surface area contributed by atoms with Crippen LogP contribution in [0.15, 0.2) is 47.1 Å². The number of carbonyl (C=O) groups excluding carboxylic acids is 2. The van der Waals surface area contributed by atoms with Gasteiger partial charge in [-0.2, -0.15) is 5.10 Å². The number of halogens is 1. The van der Waals surface area contributed by atoms with Gasteiger partial charge in [0.15, 0.2) is 5.06 Å². The van der Waals surface area contributed by atoms with Crippen LogP contribution in [0, 0.1) is 0 Å². The number of thiophene rings is 1. The van der Waals surface area contributed by atoms with Gasteiger partial charge in [0.25, 0.3) is 11.8 Å². The van der Waals surface area contributed by atoms with Crippen molar-refractivity contribution in [3.8, 4) is 5.06 Å². The van der Waals surface area contributed by atoms with Crippen molar-refractivity contribution in [2.45, 2.75) is 44.7 Å². The first kappa shape index (κ1) is 24.5. The zero-order valence-corrected chi connectivity index (χ0v) is 22.5. The number of aromatic nitrogens is 3. The molecule has 36 heavy (non-hydrogen) atoms. The Bertz CT molecular complexity index is 1450. The predicted molar refractivity (Wildman–Crippen MR) is 143 cm³/mol. The van der Waals surface area contributed by atoms with Crippen LogP contribution in [0.4, 0.5) is 0 Å². The molecule has 4 aromatic rings. The lowest BCUT2D eigenvalue weighted by atomic mass is 9.84. The molecule has 2 unspecified atom stereocenters. The Kier molecular flexibility index (Phi) is 6.81. The third-order valence-electron chi connectivity index (χ3n) is 6.45. The van der Waals surface area contributed by atoms with Crippen molar-refractivity contribution in [1.82, 2.24) is 25.8 Å². The van der Waals surface area contributed by atoms with Crippen molar-refractivity contribution >= 4 is 50.0 Å². The van der Waals surface area contributed by atoms with E-state index >= 15 is 0 Å². The van der Waals surface area contributed by atoms with Gasteiger partial charge in [-0.25, -0.2) is 0 Å². The van der Waals surface area contributed by atoms with E-state index in [1.165, 1.54) is 11.3 Å². The standard InChI is InChI=1S/C26H26BrN5O3S/c1-13(2)22-21-19(31-32-22)10-11-28-23(21)25(34)30-18-9-8-17(14-6-4-5-7-15(14)18)29-24(33)20-12-16(27)26(35-3)36-20/h4-7,10-13,17-18H,8-9H2,1-3H3,(H,29,33)(H,30,34)(H,31,32). The number of H-pyrrole nitrogens is 1. The lowest BCUT2D eigenvalue weighted by Gasteiger charge is -2.32. The lowest BCUT2D eigenvalue weighted by molar-refractivity contribution is 0.0907. The Balaban J connectivity index is 1.38. The molecule has 186 valence electrons. The molecule has 0 aliphatic heterocycles. The number of aromatic amines is 1. The number of rotatable bonds is 6. The van der Waals surface area contributed by atoms with Crippen LogP contribution in [0.25, 0.3) is 10.9 Å². The zero-order chi connectivity index (χ0) is 25.4. The maximum absolute atomic E-state index is 13.4. The second-order valence-electron chi connectivity index (χ2n) is 9.05. The van der Waals surface area contributed by atoms with E-state index in [9.17, 15) is 9.59 Å². The highest BCUT2D eigenvalue weighted by Gasteiger charge is 2.31. The first-order valence-electron chi connectivity index (χ1n) is 11.7. The Morgan fingerprint density at radius 2 is 1.78 bits per heavy atom. The van der Waals surface area contributed by atoms with Crippen LogP contribution in [-0.4, -0.2) is 34.1 Å². The number of nitrogens with one attached hydrogen (secondary N) is 3. The summed E-state index contributed by atoms with van der Waals surface area (Å²) >= 11 is 4.72. The van der Waals surface area contributed by atoms with E-state index in [4.69, 9.17) is 4.74 Å². The van der Waals surface area contributed by atoms with Crippen molar-refractivity contribution in [1.29, 1.82) is 0 Å². The maximum atomic E-state index is 13.4. The minimum absolute atomic E-state index is 0.150. The summed E-state index contributed by atoms with van der Waals surface area (Å²) in [6, 6.07) is 11.2. The SMILES string of the molecule is COc1sc(C(=O)NC2CCC(NC(=O)c3nccc4n[nH]c(C(C)C)c34)c3ccccc32)cc1Br. The summed E-state index contributed by atoms with van der Waals surface area (Å²) in [4.78, 5) is 31.4. The number of ether oxygens (including phenoxy) is 1. The molecular formula is C26H26BrN5O3S. The fourth-order valence-corrected chi connectivity index (χ4v) is 6.28. The molecule has 0 radical (unpaired) electrons. The van der Waals surface area contributed by atoms with Gasteiger partial charge in [0.2, 0.25) is 0 Å². The number of fused-ring (bicyclic) bond motifs is 2. The van der Waals surface area contributed by atoms with Crippen molar-refractivity contribution in [2.75, 3.05) is 7.11 Å². The minimum atomic E-state index is -0.235. The van der Waals surface area contributed by atoms with Crippen LogP contribution in [0.2, 0.25) is 0 Å². The third kappa shape index (κ3) is 4.51. The van der Waals surface area contributed by atoms with Gasteiger partial charge in [0.05, 0.1) is 39.4 Å². The molecule has 0 saturated heterocycles. The molecule has 2 amide bonds. The van der Waals surface area contributed by atoms with Crippen molar-refractivity contribution < 1.29 is 14.3 Å². The summed E-state index contributed by atoms with van der Waals surface area (Å²) in [5, 5.41) is 15.2. The van der Waals surface area contributed by atoms with Crippen molar-refractivity contribution in [3.63, 3.8) is 0 Å². The molecule has 1 aromatic carbocycles. The summed E-state index contributed by atoms with van der Waals surface area (Å²) in [5.74, 6) is -0.209. The van der Waals surface area contributed by atoms with Crippen LogP contribution in [0.3, 0.4) is 0 Å². The van der Waals surface area contributed by atoms with E-state index < -0.39 is 0 Å². The van der Waals surface area contributed by atoms with Gasteiger partial charge in [-0.05, 0) is 57.9 Å². The monoisotopic (exact) mass is 567 g/mol. The topological polar surface area (TPSA) is 109 Å². The van der Waals surface area contributed by atoms with Gasteiger partial charge >= 0.3 is 0 Å². The molecule has 5 rings (SSSR count). The zero-order valence-electron chi connectivity index (χ0n) is 20.1. The summed E-state index contributed by atoms with van der Waals surface area (Å²) in [5.41, 5.74) is 3.99. The fourth-order valence-electron chi connectivity index (χ4n) is 4.73. The molecule has 3 aromatic heterocycles. The smallest absolute Gasteiger partial charge is 0.271 e. The molecular weight excluding hydrogens is 542 g/mol. The summed E-state index contributed by atoms with van der Waals surface area (Å²) in [7, 11) is 1.58. The van der Waals surface area contributed by atoms with Gasteiger partial charge in [-0.15, -0.1) is 0 Å². The first-order chi connectivity index (χ1) is 17.4. The second-order valence-corrected chi connectivity index (χ2v) is 10.9. The molecule has 1 aliphatic rings. The molecule has 8 nitrogen and oxygen atoms in total. The maximum Gasteiger partial charge on any atom is 0.271 e. The molecule has 0 fully saturated rings. The molecule has 10 heteroatoms. The number of carbonyl (C=O) groups is 2. The van der Waals surface area contributed by atoms with Gasteiger partial charge in [-0.3, -0.25) is 19.7 Å². The highest BCUT2D eigenvalue weighted by Crippen LogP contribution is 2.38. The third-order valence-corrected chi connectivity index (χ3v) is 8.40. The molecule has 0 spiro atoms. The van der Waals surface area contributed by atoms with Crippen LogP contribution in [0.5, 0.6) is 5.06 Å². The van der Waals surface area contributed by atoms with Crippen LogP contribution in [0.1, 0.15) is 81.7 Å². The van der Waals surface area contributed by atoms with E-state index in [1.54, 1.807) is 25.4 Å². The number of methoxy groups -OCH3 is 1. The number of amides is 2. The first-order valence-corrected chi connectivity index (χ1v) is 13.3. The molecule has 0 bridgehead atoms. The van der Waals surface area contributed by atoms with E-state index in [2.05, 4.69) is 55.6 Å². The number of benzene rings is 1. The summed E-state index contributed by atoms with van der Waals surface area (Å²) in [6.45, 7) is 4.11. The average Bonchev–Trinajstić information content (AvgIpc) is 3.49. The van der Waals surface area contributed by atoms with E-state index in [1.807, 2.05) is 24.3 Å². The van der Waals surface area contributed by atoms with E-state index in [0.29, 0.717) is 28.5 Å². The molecule has 0 saturated carbocycles. The van der Waals surface area contributed by atoms with Gasteiger partial charge < -0.3 is 15.4 Å². The van der Waals surface area contributed by atoms with Crippen molar-refractivity contribution in [2.24, 2.45) is 0 Å². The van der Waals surface area contributed by atoms with E-state index in [-0.39, 0.29) is 29.8 Å². The molecule has 3 N–H and O–H groups in total. The van der Waals surface area contributed by atoms with Gasteiger partial charge in [0, 0.05) is 11.9 Å². The van der Waals surface area contributed by atoms with Crippen molar-refractivity contribution in [3.05, 3.63) is 74.5 Å². The quantitative estimate of drug-likeness (QED) is 0.279. The molecule has 2 atom stereocenters. The van der Waals surface area contributed by atoms with E-state index in [0.717, 1.165) is 32.2 Å². The highest BCUT2D eigenvalue weighted by atomic mass is 79.9. The van der Waals surface area contributed by atoms with Crippen LogP contribution in [-0.2, 0) is 0 Å². The Hall–Kier alpha value is -3.24. The largest absolute Gasteiger partial charge is 0.486 e. The Labute approximate surface area is 221 Å². The van der Waals surface area contributed by atoms with Crippen LogP contribution < -0.4 is 15.4 Å². The number of nitrogens with zero attached hydrogens (tertiary/aromatic N) is 2. The summed E-state index contributed by atoms with van der Waals surface area (Å²) < 4.78 is 6.05. The van der Waals surface area contributed by atoms with Crippen LogP contribution >= 0.6 is 27.3 Å². The molecule has 1 aliphatic carbocycles. The lowest BCUT2D eigenvalue weighted by Crippen LogP contribution is -2.36. The highest BCUT2D eigenvalue weighted by molar-refractivity contribution is 9.10. The predicted octanol–water partition coefficient (Wildman–Crippen LogP) is 5.65. The fraction of sp³-hybridized carbons (Fsp3) is 0.308.